The second-order valence-corrected chi connectivity index (χ2v) is 4.28. The van der Waals surface area contributed by atoms with Gasteiger partial charge in [0.05, 0.1) is 5.69 Å². The van der Waals surface area contributed by atoms with Crippen molar-refractivity contribution in [2.24, 2.45) is 0 Å². The van der Waals surface area contributed by atoms with Crippen LogP contribution in [0.4, 0.5) is 8.78 Å². The molecule has 19 heavy (non-hydrogen) atoms. The molecule has 0 amide bonds. The lowest BCUT2D eigenvalue weighted by molar-refractivity contribution is 0.395. The summed E-state index contributed by atoms with van der Waals surface area (Å²) in [7, 11) is 0. The molecule has 1 aromatic carbocycles. The predicted octanol–water partition coefficient (Wildman–Crippen LogP) is 2.66. The molecule has 2 aromatic rings. The number of benzene rings is 1. The molecule has 0 saturated heterocycles. The Balaban J connectivity index is 1.98. The summed E-state index contributed by atoms with van der Waals surface area (Å²) in [4.78, 5) is 4.21. The summed E-state index contributed by atoms with van der Waals surface area (Å²) < 4.78 is 26.2. The summed E-state index contributed by atoms with van der Waals surface area (Å²) in [6, 6.07) is 6.01. The largest absolute Gasteiger partial charge is 0.503 e. The van der Waals surface area contributed by atoms with E-state index in [9.17, 15) is 8.78 Å². The van der Waals surface area contributed by atoms with E-state index in [-0.39, 0.29) is 0 Å². The number of hydrogen-bond acceptors (Lipinski definition) is 3. The molecule has 0 saturated carbocycles. The van der Waals surface area contributed by atoms with Crippen LogP contribution in [0.15, 0.2) is 30.5 Å². The van der Waals surface area contributed by atoms with E-state index in [1.54, 1.807) is 6.20 Å². The minimum absolute atomic E-state index is 0.296. The zero-order valence-electron chi connectivity index (χ0n) is 10.5. The molecule has 0 aliphatic heterocycles. The third-order valence-electron chi connectivity index (χ3n) is 2.82. The van der Waals surface area contributed by atoms with Crippen LogP contribution in [0.5, 0.6) is 5.75 Å². The first kappa shape index (κ1) is 13.4. The van der Waals surface area contributed by atoms with Crippen LogP contribution >= 0.6 is 0 Å². The first-order chi connectivity index (χ1) is 9.08. The second kappa shape index (κ2) is 5.75. The standard InChI is InChI=1S/C14H14F2N2O/c1-9-3-2-4-18-13(9)8-17-7-10-5-11(15)14(19)12(16)6-10/h2-6,17,19H,7-8H2,1H3. The van der Waals surface area contributed by atoms with Gasteiger partial charge in [0.1, 0.15) is 0 Å². The summed E-state index contributed by atoms with van der Waals surface area (Å²) in [5.74, 6) is -2.85. The van der Waals surface area contributed by atoms with Gasteiger partial charge >= 0.3 is 0 Å². The van der Waals surface area contributed by atoms with Crippen molar-refractivity contribution in [3.63, 3.8) is 0 Å². The number of hydrogen-bond donors (Lipinski definition) is 2. The molecule has 0 unspecified atom stereocenters. The Labute approximate surface area is 109 Å². The highest BCUT2D eigenvalue weighted by atomic mass is 19.1. The van der Waals surface area contributed by atoms with E-state index < -0.39 is 17.4 Å². The van der Waals surface area contributed by atoms with Gasteiger partial charge in [0.15, 0.2) is 17.4 Å². The molecule has 5 heteroatoms. The third-order valence-corrected chi connectivity index (χ3v) is 2.82. The first-order valence-electron chi connectivity index (χ1n) is 5.86. The van der Waals surface area contributed by atoms with Crippen LogP contribution in [0, 0.1) is 18.6 Å². The Bertz CT molecular complexity index is 564. The minimum Gasteiger partial charge on any atom is -0.503 e. The topological polar surface area (TPSA) is 45.2 Å². The van der Waals surface area contributed by atoms with Gasteiger partial charge in [-0.3, -0.25) is 4.98 Å². The van der Waals surface area contributed by atoms with Crippen molar-refractivity contribution in [2.45, 2.75) is 20.0 Å². The van der Waals surface area contributed by atoms with Crippen LogP contribution in [0.1, 0.15) is 16.8 Å². The van der Waals surface area contributed by atoms with Gasteiger partial charge in [0, 0.05) is 19.3 Å². The van der Waals surface area contributed by atoms with Crippen LogP contribution in [0.25, 0.3) is 0 Å². The van der Waals surface area contributed by atoms with Gasteiger partial charge in [0.2, 0.25) is 0 Å². The maximum Gasteiger partial charge on any atom is 0.187 e. The molecule has 0 aliphatic carbocycles. The summed E-state index contributed by atoms with van der Waals surface area (Å²) >= 11 is 0. The fraction of sp³-hybridized carbons (Fsp3) is 0.214. The Kier molecular flexibility index (Phi) is 4.06. The molecule has 0 atom stereocenters. The van der Waals surface area contributed by atoms with E-state index in [1.165, 1.54) is 0 Å². The van der Waals surface area contributed by atoms with Crippen LogP contribution in [-0.2, 0) is 13.1 Å². The first-order valence-corrected chi connectivity index (χ1v) is 5.86. The molecule has 1 aromatic heterocycles. The molecule has 3 nitrogen and oxygen atoms in total. The SMILES string of the molecule is Cc1cccnc1CNCc1cc(F)c(O)c(F)c1. The minimum atomic E-state index is -0.953. The van der Waals surface area contributed by atoms with Gasteiger partial charge in [0.25, 0.3) is 0 Å². The van der Waals surface area contributed by atoms with Gasteiger partial charge in [-0.25, -0.2) is 8.78 Å². The van der Waals surface area contributed by atoms with Crippen molar-refractivity contribution in [2.75, 3.05) is 0 Å². The van der Waals surface area contributed by atoms with E-state index in [0.29, 0.717) is 18.7 Å². The lowest BCUT2D eigenvalue weighted by Crippen LogP contribution is -2.14. The quantitative estimate of drug-likeness (QED) is 0.892. The van der Waals surface area contributed by atoms with Gasteiger partial charge in [-0.2, -0.15) is 0 Å². The molecule has 2 N–H and O–H groups in total. The van der Waals surface area contributed by atoms with Gasteiger partial charge in [-0.1, -0.05) is 6.07 Å². The number of aryl methyl sites for hydroxylation is 1. The maximum absolute atomic E-state index is 13.1. The molecule has 0 bridgehead atoms. The van der Waals surface area contributed by atoms with E-state index in [0.717, 1.165) is 23.4 Å². The number of halogens is 2. The predicted molar refractivity (Wildman–Crippen MR) is 67.5 cm³/mol. The van der Waals surface area contributed by atoms with Crippen LogP contribution in [0.2, 0.25) is 0 Å². The van der Waals surface area contributed by atoms with Crippen LogP contribution in [-0.4, -0.2) is 10.1 Å². The molecule has 0 radical (unpaired) electrons. The molecule has 0 fully saturated rings. The summed E-state index contributed by atoms with van der Waals surface area (Å²) in [6.45, 7) is 2.75. The number of nitrogens with zero attached hydrogens (tertiary/aromatic N) is 1. The number of pyridine rings is 1. The van der Waals surface area contributed by atoms with E-state index in [1.807, 2.05) is 19.1 Å². The van der Waals surface area contributed by atoms with Crippen molar-refractivity contribution in [1.29, 1.82) is 0 Å². The average molecular weight is 264 g/mol. The average Bonchev–Trinajstić information content (AvgIpc) is 2.38. The van der Waals surface area contributed by atoms with Crippen molar-refractivity contribution in [3.05, 3.63) is 58.9 Å². The van der Waals surface area contributed by atoms with Crippen LogP contribution in [0.3, 0.4) is 0 Å². The molecular formula is C14H14F2N2O. The highest BCUT2D eigenvalue weighted by molar-refractivity contribution is 5.30. The van der Waals surface area contributed by atoms with Crippen molar-refractivity contribution in [1.82, 2.24) is 10.3 Å². The summed E-state index contributed by atoms with van der Waals surface area (Å²) in [5, 5.41) is 12.0. The maximum atomic E-state index is 13.1. The Morgan fingerprint density at radius 2 is 1.89 bits per heavy atom. The summed E-state index contributed by atoms with van der Waals surface area (Å²) in [5.41, 5.74) is 2.38. The van der Waals surface area contributed by atoms with Gasteiger partial charge < -0.3 is 10.4 Å². The van der Waals surface area contributed by atoms with Crippen molar-refractivity contribution < 1.29 is 13.9 Å². The van der Waals surface area contributed by atoms with Gasteiger partial charge in [-0.05, 0) is 36.2 Å². The van der Waals surface area contributed by atoms with Crippen LogP contribution < -0.4 is 5.32 Å². The fourth-order valence-corrected chi connectivity index (χ4v) is 1.75. The van der Waals surface area contributed by atoms with Gasteiger partial charge in [-0.15, -0.1) is 0 Å². The number of phenolic OH excluding ortho intramolecular Hbond substituents is 1. The zero-order valence-corrected chi connectivity index (χ0v) is 10.5. The number of aromatic hydroxyl groups is 1. The molecule has 2 rings (SSSR count). The Morgan fingerprint density at radius 3 is 2.53 bits per heavy atom. The Hall–Kier alpha value is -2.01. The lowest BCUT2D eigenvalue weighted by Gasteiger charge is -2.07. The fourth-order valence-electron chi connectivity index (χ4n) is 1.75. The smallest absolute Gasteiger partial charge is 0.187 e. The molecular weight excluding hydrogens is 250 g/mol. The number of phenols is 1. The molecule has 1 heterocycles. The van der Waals surface area contributed by atoms with Crippen molar-refractivity contribution >= 4 is 0 Å². The molecule has 0 aliphatic rings. The normalized spacial score (nSPS) is 10.7. The number of nitrogens with one attached hydrogen (secondary N) is 1. The highest BCUT2D eigenvalue weighted by Crippen LogP contribution is 2.21. The number of rotatable bonds is 4. The lowest BCUT2D eigenvalue weighted by atomic mass is 10.2. The zero-order chi connectivity index (χ0) is 13.8. The van der Waals surface area contributed by atoms with E-state index in [2.05, 4.69) is 10.3 Å². The molecule has 0 spiro atoms. The number of aromatic nitrogens is 1. The van der Waals surface area contributed by atoms with E-state index >= 15 is 0 Å². The Morgan fingerprint density at radius 1 is 1.21 bits per heavy atom. The third kappa shape index (κ3) is 3.26. The molecule has 100 valence electrons. The monoisotopic (exact) mass is 264 g/mol. The van der Waals surface area contributed by atoms with E-state index in [4.69, 9.17) is 5.11 Å². The second-order valence-electron chi connectivity index (χ2n) is 4.28. The summed E-state index contributed by atoms with van der Waals surface area (Å²) in [6.07, 6.45) is 1.70. The van der Waals surface area contributed by atoms with Crippen molar-refractivity contribution in [3.8, 4) is 5.75 Å². The highest BCUT2D eigenvalue weighted by Gasteiger charge is 2.09.